The molecule has 3 aliphatic rings. The molecule has 5 heteroatoms. The number of fused-ring (bicyclic) bond motifs is 2. The third-order valence-electron chi connectivity index (χ3n) is 4.88. The third kappa shape index (κ3) is 1.41. The number of amides is 2. The van der Waals surface area contributed by atoms with Gasteiger partial charge in [-0.25, -0.2) is 0 Å². The number of benzene rings is 1. The summed E-state index contributed by atoms with van der Waals surface area (Å²) in [5, 5.41) is 0. The zero-order chi connectivity index (χ0) is 13.9. The number of carbonyl (C=O) groups excluding carboxylic acids is 2. The number of hydrogen-bond acceptors (Lipinski definition) is 4. The molecule has 1 aromatic rings. The summed E-state index contributed by atoms with van der Waals surface area (Å²) in [7, 11) is 0. The van der Waals surface area contributed by atoms with Crippen LogP contribution >= 0.6 is 0 Å². The summed E-state index contributed by atoms with van der Waals surface area (Å²) in [4.78, 5) is 29.0. The van der Waals surface area contributed by atoms with E-state index in [9.17, 15) is 9.59 Å². The van der Waals surface area contributed by atoms with Crippen LogP contribution in [0.4, 0.5) is 5.69 Å². The molecule has 2 N–H and O–H groups in total. The van der Waals surface area contributed by atoms with E-state index in [-0.39, 0.29) is 17.9 Å². The van der Waals surface area contributed by atoms with Gasteiger partial charge in [-0.15, -0.1) is 0 Å². The lowest BCUT2D eigenvalue weighted by molar-refractivity contribution is 0.0557. The van der Waals surface area contributed by atoms with E-state index in [1.165, 1.54) is 4.90 Å². The van der Waals surface area contributed by atoms with Crippen molar-refractivity contribution in [3.8, 4) is 0 Å². The molecule has 2 saturated heterocycles. The minimum Gasteiger partial charge on any atom is -0.398 e. The van der Waals surface area contributed by atoms with Crippen LogP contribution in [-0.2, 0) is 0 Å². The highest BCUT2D eigenvalue weighted by atomic mass is 16.2. The van der Waals surface area contributed by atoms with Gasteiger partial charge in [0.1, 0.15) is 0 Å². The van der Waals surface area contributed by atoms with Gasteiger partial charge in [0.2, 0.25) is 0 Å². The number of imide groups is 1. The van der Waals surface area contributed by atoms with Crippen molar-refractivity contribution in [3.63, 3.8) is 0 Å². The molecule has 0 aromatic heterocycles. The van der Waals surface area contributed by atoms with E-state index in [1.54, 1.807) is 18.2 Å². The Morgan fingerprint density at radius 1 is 1.05 bits per heavy atom. The number of nitrogen functional groups attached to an aromatic ring is 1. The smallest absolute Gasteiger partial charge is 0.263 e. The standard InChI is InChI=1S/C15H17N3O2/c16-10-4-1-3-9-13(10)15(20)18(14(9)19)12-6-8-17-7-2-5-11(12)17/h1,3-4,11-12H,2,5-8,16H2. The van der Waals surface area contributed by atoms with Crippen LogP contribution in [0.2, 0.25) is 0 Å². The highest BCUT2D eigenvalue weighted by Gasteiger charge is 2.48. The molecule has 0 radical (unpaired) electrons. The summed E-state index contributed by atoms with van der Waals surface area (Å²) in [5.41, 5.74) is 7.15. The molecule has 3 heterocycles. The summed E-state index contributed by atoms with van der Waals surface area (Å²) in [5.74, 6) is -0.377. The Kier molecular flexibility index (Phi) is 2.41. The minimum atomic E-state index is -0.207. The quantitative estimate of drug-likeness (QED) is 0.613. The molecule has 2 amide bonds. The van der Waals surface area contributed by atoms with Crippen LogP contribution in [0.15, 0.2) is 18.2 Å². The van der Waals surface area contributed by atoms with Crippen molar-refractivity contribution in [2.75, 3.05) is 18.8 Å². The fraction of sp³-hybridized carbons (Fsp3) is 0.467. The topological polar surface area (TPSA) is 66.6 Å². The van der Waals surface area contributed by atoms with E-state index in [1.807, 2.05) is 0 Å². The highest BCUT2D eigenvalue weighted by Crippen LogP contribution is 2.36. The largest absolute Gasteiger partial charge is 0.398 e. The Hall–Kier alpha value is -1.88. The van der Waals surface area contributed by atoms with E-state index in [4.69, 9.17) is 5.73 Å². The Balaban J connectivity index is 1.73. The predicted molar refractivity (Wildman–Crippen MR) is 74.4 cm³/mol. The molecule has 4 rings (SSSR count). The number of carbonyl (C=O) groups is 2. The lowest BCUT2D eigenvalue weighted by Crippen LogP contribution is -2.45. The Bertz CT molecular complexity index is 613. The van der Waals surface area contributed by atoms with E-state index in [0.717, 1.165) is 32.4 Å². The first kappa shape index (κ1) is 11.9. The van der Waals surface area contributed by atoms with E-state index in [2.05, 4.69) is 4.90 Å². The molecule has 104 valence electrons. The second-order valence-corrected chi connectivity index (χ2v) is 5.85. The van der Waals surface area contributed by atoms with Crippen molar-refractivity contribution in [1.82, 2.24) is 9.80 Å². The van der Waals surface area contributed by atoms with Gasteiger partial charge in [-0.1, -0.05) is 6.07 Å². The van der Waals surface area contributed by atoms with Gasteiger partial charge in [0.05, 0.1) is 17.2 Å². The van der Waals surface area contributed by atoms with Gasteiger partial charge in [-0.05, 0) is 37.9 Å². The van der Waals surface area contributed by atoms with Crippen LogP contribution in [0.5, 0.6) is 0 Å². The predicted octanol–water partition coefficient (Wildman–Crippen LogP) is 1.10. The minimum absolute atomic E-state index is 0.0179. The molecular weight excluding hydrogens is 254 g/mol. The SMILES string of the molecule is Nc1cccc2c1C(=O)N(C1CCN3CCCC13)C2=O. The number of nitrogens with zero attached hydrogens (tertiary/aromatic N) is 2. The molecule has 0 aliphatic carbocycles. The fourth-order valence-electron chi connectivity index (χ4n) is 3.99. The third-order valence-corrected chi connectivity index (χ3v) is 4.88. The first-order valence-corrected chi connectivity index (χ1v) is 7.19. The lowest BCUT2D eigenvalue weighted by atomic mass is 10.1. The van der Waals surface area contributed by atoms with Gasteiger partial charge >= 0.3 is 0 Å². The highest BCUT2D eigenvalue weighted by molar-refractivity contribution is 6.23. The van der Waals surface area contributed by atoms with Crippen LogP contribution in [0.1, 0.15) is 40.0 Å². The van der Waals surface area contributed by atoms with Gasteiger partial charge in [-0.2, -0.15) is 0 Å². The number of nitrogens with two attached hydrogens (primary N) is 1. The second-order valence-electron chi connectivity index (χ2n) is 5.85. The zero-order valence-corrected chi connectivity index (χ0v) is 11.2. The molecule has 2 fully saturated rings. The van der Waals surface area contributed by atoms with Crippen LogP contribution in [0.25, 0.3) is 0 Å². The number of rotatable bonds is 1. The molecule has 2 unspecified atom stereocenters. The summed E-state index contributed by atoms with van der Waals surface area (Å²) >= 11 is 0. The molecule has 0 spiro atoms. The molecule has 0 bridgehead atoms. The number of hydrogen-bond donors (Lipinski definition) is 1. The average Bonchev–Trinajstić information content (AvgIpc) is 3.07. The maximum absolute atomic E-state index is 12.6. The van der Waals surface area contributed by atoms with E-state index < -0.39 is 0 Å². The summed E-state index contributed by atoms with van der Waals surface area (Å²) in [6.07, 6.45) is 3.12. The Morgan fingerprint density at radius 2 is 1.90 bits per heavy atom. The summed E-state index contributed by atoms with van der Waals surface area (Å²) in [6.45, 7) is 2.07. The summed E-state index contributed by atoms with van der Waals surface area (Å²) < 4.78 is 0. The Morgan fingerprint density at radius 3 is 2.70 bits per heavy atom. The monoisotopic (exact) mass is 271 g/mol. The van der Waals surface area contributed by atoms with Gasteiger partial charge in [-0.3, -0.25) is 19.4 Å². The summed E-state index contributed by atoms with van der Waals surface area (Å²) in [6, 6.07) is 5.49. The first-order valence-electron chi connectivity index (χ1n) is 7.19. The van der Waals surface area contributed by atoms with Crippen molar-refractivity contribution in [2.45, 2.75) is 31.3 Å². The van der Waals surface area contributed by atoms with Gasteiger partial charge in [0.15, 0.2) is 0 Å². The molecule has 0 saturated carbocycles. The molecule has 1 aromatic carbocycles. The lowest BCUT2D eigenvalue weighted by Gasteiger charge is -2.27. The van der Waals surface area contributed by atoms with Crippen molar-refractivity contribution in [1.29, 1.82) is 0 Å². The maximum atomic E-state index is 12.6. The van der Waals surface area contributed by atoms with Gasteiger partial charge < -0.3 is 5.73 Å². The van der Waals surface area contributed by atoms with Gasteiger partial charge in [0.25, 0.3) is 11.8 Å². The maximum Gasteiger partial charge on any atom is 0.263 e. The van der Waals surface area contributed by atoms with Crippen LogP contribution in [0.3, 0.4) is 0 Å². The fourth-order valence-corrected chi connectivity index (χ4v) is 3.99. The second kappa shape index (κ2) is 4.06. The first-order chi connectivity index (χ1) is 9.68. The van der Waals surface area contributed by atoms with Crippen LogP contribution in [-0.4, -0.2) is 46.8 Å². The molecule has 2 atom stereocenters. The van der Waals surface area contributed by atoms with E-state index >= 15 is 0 Å². The zero-order valence-electron chi connectivity index (χ0n) is 11.2. The normalized spacial score (nSPS) is 29.1. The molecule has 5 nitrogen and oxygen atoms in total. The van der Waals surface area contributed by atoms with Crippen molar-refractivity contribution < 1.29 is 9.59 Å². The van der Waals surface area contributed by atoms with Crippen LogP contribution < -0.4 is 5.73 Å². The number of anilines is 1. The van der Waals surface area contributed by atoms with Crippen molar-refractivity contribution in [2.24, 2.45) is 0 Å². The average molecular weight is 271 g/mol. The van der Waals surface area contributed by atoms with Crippen LogP contribution in [0, 0.1) is 0 Å². The van der Waals surface area contributed by atoms with Crippen molar-refractivity contribution >= 4 is 17.5 Å². The molecule has 3 aliphatic heterocycles. The molecular formula is C15H17N3O2. The van der Waals surface area contributed by atoms with Crippen molar-refractivity contribution in [3.05, 3.63) is 29.3 Å². The Labute approximate surface area is 117 Å². The van der Waals surface area contributed by atoms with Gasteiger partial charge in [0, 0.05) is 18.3 Å². The molecule has 20 heavy (non-hydrogen) atoms. The van der Waals surface area contributed by atoms with E-state index in [0.29, 0.717) is 22.9 Å².